The number of carboxylic acids is 1. The summed E-state index contributed by atoms with van der Waals surface area (Å²) in [5.74, 6) is -1.35. The highest BCUT2D eigenvalue weighted by atomic mass is 32.2. The predicted molar refractivity (Wildman–Crippen MR) is 123 cm³/mol. The number of benzene rings is 1. The topological polar surface area (TPSA) is 81.1 Å². The average molecular weight is 447 g/mol. The lowest BCUT2D eigenvalue weighted by Gasteiger charge is -2.48. The molecule has 1 saturated heterocycles. The molecule has 1 amide bonds. The van der Waals surface area contributed by atoms with Gasteiger partial charge in [-0.25, -0.2) is 0 Å². The number of phenols is 1. The second kappa shape index (κ2) is 6.99. The molecule has 8 heteroatoms. The summed E-state index contributed by atoms with van der Waals surface area (Å²) in [6.07, 6.45) is 3.62. The van der Waals surface area contributed by atoms with Gasteiger partial charge in [0.15, 0.2) is 0 Å². The Morgan fingerprint density at radius 2 is 1.87 bits per heavy atom. The summed E-state index contributed by atoms with van der Waals surface area (Å²) in [7, 11) is 0. The number of carbonyl (C=O) groups is 2. The average Bonchev–Trinajstić information content (AvgIpc) is 2.89. The van der Waals surface area contributed by atoms with Crippen molar-refractivity contribution in [3.8, 4) is 5.75 Å². The SMILES string of the molecule is CC1(C)CCN2CCC(C)(C)c3c(O)c(C=C4SC(=S)N(CC(=O)O)C4=O)cc1c32. The van der Waals surface area contributed by atoms with Gasteiger partial charge in [0.1, 0.15) is 16.6 Å². The van der Waals surface area contributed by atoms with E-state index < -0.39 is 18.4 Å². The van der Waals surface area contributed by atoms with Gasteiger partial charge in [-0.3, -0.25) is 14.5 Å². The molecule has 0 spiro atoms. The number of anilines is 1. The molecule has 1 aromatic carbocycles. The van der Waals surface area contributed by atoms with E-state index in [1.165, 1.54) is 5.56 Å². The normalized spacial score (nSPS) is 23.1. The van der Waals surface area contributed by atoms with Crippen molar-refractivity contribution in [1.29, 1.82) is 0 Å². The molecule has 1 aromatic rings. The Bertz CT molecular complexity index is 1010. The van der Waals surface area contributed by atoms with Gasteiger partial charge in [0.2, 0.25) is 0 Å². The van der Waals surface area contributed by atoms with Crippen LogP contribution in [0.1, 0.15) is 57.2 Å². The lowest BCUT2D eigenvalue weighted by atomic mass is 9.68. The van der Waals surface area contributed by atoms with Gasteiger partial charge >= 0.3 is 5.97 Å². The molecule has 3 heterocycles. The van der Waals surface area contributed by atoms with Crippen molar-refractivity contribution in [2.45, 2.75) is 51.4 Å². The Morgan fingerprint density at radius 3 is 2.50 bits per heavy atom. The van der Waals surface area contributed by atoms with Crippen molar-refractivity contribution in [3.63, 3.8) is 0 Å². The van der Waals surface area contributed by atoms with E-state index in [1.807, 2.05) is 6.07 Å². The van der Waals surface area contributed by atoms with Gasteiger partial charge in [0.25, 0.3) is 5.91 Å². The number of thiocarbonyl (C=S) groups is 1. The van der Waals surface area contributed by atoms with Crippen LogP contribution in [0.3, 0.4) is 0 Å². The highest BCUT2D eigenvalue weighted by molar-refractivity contribution is 8.26. The van der Waals surface area contributed by atoms with E-state index in [4.69, 9.17) is 17.3 Å². The lowest BCUT2D eigenvalue weighted by molar-refractivity contribution is -0.140. The summed E-state index contributed by atoms with van der Waals surface area (Å²) >= 11 is 6.28. The Labute approximate surface area is 185 Å². The number of amides is 1. The van der Waals surface area contributed by atoms with E-state index in [2.05, 4.69) is 32.6 Å². The van der Waals surface area contributed by atoms with Crippen LogP contribution in [0.25, 0.3) is 6.08 Å². The van der Waals surface area contributed by atoms with Gasteiger partial charge < -0.3 is 15.1 Å². The van der Waals surface area contributed by atoms with Crippen LogP contribution >= 0.6 is 24.0 Å². The number of aliphatic carboxylic acids is 1. The first kappa shape index (κ1) is 21.2. The van der Waals surface area contributed by atoms with E-state index in [1.54, 1.807) is 6.08 Å². The van der Waals surface area contributed by atoms with Crippen molar-refractivity contribution < 1.29 is 19.8 Å². The lowest BCUT2D eigenvalue weighted by Crippen LogP contribution is -2.44. The van der Waals surface area contributed by atoms with Crippen LogP contribution in [0.2, 0.25) is 0 Å². The molecule has 4 rings (SSSR count). The van der Waals surface area contributed by atoms with E-state index in [9.17, 15) is 14.7 Å². The maximum Gasteiger partial charge on any atom is 0.323 e. The number of thioether (sulfide) groups is 1. The third kappa shape index (κ3) is 3.30. The fourth-order valence-corrected chi connectivity index (χ4v) is 5.86. The molecule has 0 radical (unpaired) electrons. The van der Waals surface area contributed by atoms with Gasteiger partial charge in [0, 0.05) is 29.9 Å². The first-order valence-corrected chi connectivity index (χ1v) is 11.3. The Balaban J connectivity index is 1.87. The largest absolute Gasteiger partial charge is 0.507 e. The molecule has 160 valence electrons. The molecule has 3 aliphatic rings. The van der Waals surface area contributed by atoms with Crippen LogP contribution in [-0.4, -0.2) is 50.9 Å². The van der Waals surface area contributed by atoms with Crippen LogP contribution in [0, 0.1) is 0 Å². The summed E-state index contributed by atoms with van der Waals surface area (Å²) in [6.45, 7) is 10.2. The number of aromatic hydroxyl groups is 1. The van der Waals surface area contributed by atoms with Crippen LogP contribution in [0.5, 0.6) is 5.75 Å². The van der Waals surface area contributed by atoms with E-state index in [0.29, 0.717) is 10.5 Å². The molecule has 30 heavy (non-hydrogen) atoms. The molecule has 0 aromatic heterocycles. The first-order valence-electron chi connectivity index (χ1n) is 10.1. The Hall–Kier alpha value is -2.06. The quantitative estimate of drug-likeness (QED) is 0.539. The number of rotatable bonds is 3. The van der Waals surface area contributed by atoms with Crippen molar-refractivity contribution in [2.75, 3.05) is 24.5 Å². The van der Waals surface area contributed by atoms with Crippen molar-refractivity contribution in [2.24, 2.45) is 0 Å². The molecule has 0 atom stereocenters. The Morgan fingerprint density at radius 1 is 1.23 bits per heavy atom. The molecule has 0 unspecified atom stereocenters. The van der Waals surface area contributed by atoms with Gasteiger partial charge in [-0.1, -0.05) is 51.7 Å². The minimum Gasteiger partial charge on any atom is -0.507 e. The van der Waals surface area contributed by atoms with Crippen LogP contribution in [-0.2, 0) is 20.4 Å². The number of carboxylic acid groups (broad SMARTS) is 1. The molecule has 3 aliphatic heterocycles. The molecular weight excluding hydrogens is 420 g/mol. The summed E-state index contributed by atoms with van der Waals surface area (Å²) in [4.78, 5) is 27.6. The maximum absolute atomic E-state index is 12.7. The van der Waals surface area contributed by atoms with E-state index >= 15 is 0 Å². The highest BCUT2D eigenvalue weighted by Crippen LogP contribution is 2.53. The standard InChI is InChI=1S/C22H26N2O4S2/c1-21(2)5-7-23-8-6-22(3,4)16-17(23)13(21)9-12(18(16)27)10-14-19(28)24(11-15(25)26)20(29)30-14/h9-10,27H,5-8,11H2,1-4H3,(H,25,26). The zero-order valence-corrected chi connectivity index (χ0v) is 19.2. The molecule has 0 saturated carbocycles. The summed E-state index contributed by atoms with van der Waals surface area (Å²) in [5, 5.41) is 20.3. The van der Waals surface area contributed by atoms with Crippen molar-refractivity contribution >= 4 is 51.9 Å². The molecular formula is C22H26N2O4S2. The summed E-state index contributed by atoms with van der Waals surface area (Å²) in [5.41, 5.74) is 3.60. The number of nitrogens with zero attached hydrogens (tertiary/aromatic N) is 2. The van der Waals surface area contributed by atoms with Crippen LogP contribution in [0.15, 0.2) is 11.0 Å². The monoisotopic (exact) mass is 446 g/mol. The molecule has 1 fully saturated rings. The van der Waals surface area contributed by atoms with Crippen LogP contribution < -0.4 is 4.90 Å². The van der Waals surface area contributed by atoms with Crippen LogP contribution in [0.4, 0.5) is 5.69 Å². The second-order valence-electron chi connectivity index (χ2n) is 9.50. The molecule has 0 aliphatic carbocycles. The number of phenolic OH excluding ortho intramolecular Hbond substituents is 1. The zero-order valence-electron chi connectivity index (χ0n) is 17.6. The zero-order chi connectivity index (χ0) is 22.0. The van der Waals surface area contributed by atoms with Gasteiger partial charge in [-0.15, -0.1) is 0 Å². The fourth-order valence-electron chi connectivity index (χ4n) is 4.62. The first-order chi connectivity index (χ1) is 13.9. The number of hydrogen-bond donors (Lipinski definition) is 2. The van der Waals surface area contributed by atoms with Gasteiger partial charge in [-0.2, -0.15) is 0 Å². The third-order valence-electron chi connectivity index (χ3n) is 6.49. The highest BCUT2D eigenvalue weighted by Gasteiger charge is 2.42. The minimum absolute atomic E-state index is 0.0492. The van der Waals surface area contributed by atoms with Crippen molar-refractivity contribution in [1.82, 2.24) is 4.90 Å². The smallest absolute Gasteiger partial charge is 0.323 e. The summed E-state index contributed by atoms with van der Waals surface area (Å²) < 4.78 is 0.222. The molecule has 0 bridgehead atoms. The fraction of sp³-hybridized carbons (Fsp3) is 0.500. The van der Waals surface area contributed by atoms with Gasteiger partial charge in [-0.05, 0) is 41.4 Å². The maximum atomic E-state index is 12.7. The molecule has 6 nitrogen and oxygen atoms in total. The summed E-state index contributed by atoms with van der Waals surface area (Å²) in [6, 6.07) is 1.99. The third-order valence-corrected chi connectivity index (χ3v) is 7.87. The predicted octanol–water partition coefficient (Wildman–Crippen LogP) is 3.85. The number of carbonyl (C=O) groups excluding carboxylic acids is 1. The van der Waals surface area contributed by atoms with Gasteiger partial charge in [0.05, 0.1) is 4.91 Å². The second-order valence-corrected chi connectivity index (χ2v) is 11.2. The van der Waals surface area contributed by atoms with E-state index in [-0.39, 0.29) is 20.9 Å². The Kier molecular flexibility index (Phi) is 4.93. The van der Waals surface area contributed by atoms with E-state index in [0.717, 1.165) is 53.8 Å². The minimum atomic E-state index is -1.11. The van der Waals surface area contributed by atoms with Crippen molar-refractivity contribution in [3.05, 3.63) is 27.7 Å². The molecule has 2 N–H and O–H groups in total. The number of hydrogen-bond acceptors (Lipinski definition) is 6.